The number of nitrogens with zero attached hydrogens (tertiary/aromatic N) is 3. The first-order valence-electron chi connectivity index (χ1n) is 7.86. The van der Waals surface area contributed by atoms with E-state index in [0.29, 0.717) is 11.8 Å². The van der Waals surface area contributed by atoms with Crippen molar-refractivity contribution in [1.82, 2.24) is 9.97 Å². The molecule has 0 saturated carbocycles. The number of hydrogen-bond donors (Lipinski definition) is 1. The van der Waals surface area contributed by atoms with E-state index >= 15 is 0 Å². The van der Waals surface area contributed by atoms with Crippen LogP contribution in [0.4, 0.5) is 11.5 Å². The van der Waals surface area contributed by atoms with E-state index in [-0.39, 0.29) is 24.0 Å². The Morgan fingerprint density at radius 1 is 1.32 bits per heavy atom. The number of aromatic nitrogens is 2. The Kier molecular flexibility index (Phi) is 5.18. The van der Waals surface area contributed by atoms with Crippen molar-refractivity contribution in [2.75, 3.05) is 23.8 Å². The van der Waals surface area contributed by atoms with Crippen LogP contribution < -0.4 is 10.6 Å². The highest BCUT2D eigenvalue weighted by Crippen LogP contribution is 2.37. The van der Waals surface area contributed by atoms with Crippen molar-refractivity contribution >= 4 is 35.1 Å². The van der Waals surface area contributed by atoms with E-state index in [2.05, 4.69) is 16.9 Å². The fraction of sp³-hybridized carbons (Fsp3) is 0.294. The number of amides is 1. The Bertz CT molecular complexity index is 799. The first kappa shape index (κ1) is 17.2. The molecule has 0 fully saturated rings. The molecule has 2 heterocycles. The summed E-state index contributed by atoms with van der Waals surface area (Å²) in [6.45, 7) is 2.34. The van der Waals surface area contributed by atoms with Gasteiger partial charge in [0.15, 0.2) is 18.1 Å². The third-order valence-corrected chi connectivity index (χ3v) is 5.03. The number of carbonyl (C=O) groups is 2. The fourth-order valence-electron chi connectivity index (χ4n) is 2.53. The summed E-state index contributed by atoms with van der Waals surface area (Å²) in [4.78, 5) is 35.0. The highest BCUT2D eigenvalue weighted by Gasteiger charge is 2.25. The first-order chi connectivity index (χ1) is 12.1. The van der Waals surface area contributed by atoms with Gasteiger partial charge in [0, 0.05) is 29.1 Å². The summed E-state index contributed by atoms with van der Waals surface area (Å²) in [7, 11) is 0. The van der Waals surface area contributed by atoms with Gasteiger partial charge < -0.3 is 15.4 Å². The standard InChI is InChI=1S/C17H18N4O3S/c1-11-6-9-21(12-4-2-3-5-13(12)25-11)14(22)10-24-17(23)15-16(18)20-8-7-19-15/h2-5,7-8,11H,6,9-10H2,1H3,(H2,18,20)/t11-/m1/s1. The van der Waals surface area contributed by atoms with E-state index in [1.165, 1.54) is 12.4 Å². The predicted octanol–water partition coefficient (Wildman–Crippen LogP) is 2.13. The second-order valence-corrected chi connectivity index (χ2v) is 7.08. The van der Waals surface area contributed by atoms with Crippen LogP contribution in [-0.4, -0.2) is 40.2 Å². The van der Waals surface area contributed by atoms with Gasteiger partial charge >= 0.3 is 5.97 Å². The van der Waals surface area contributed by atoms with Crippen LogP contribution in [0.2, 0.25) is 0 Å². The van der Waals surface area contributed by atoms with E-state index < -0.39 is 5.97 Å². The number of para-hydroxylation sites is 1. The number of benzene rings is 1. The zero-order valence-electron chi connectivity index (χ0n) is 13.7. The van der Waals surface area contributed by atoms with E-state index in [4.69, 9.17) is 10.5 Å². The van der Waals surface area contributed by atoms with Gasteiger partial charge in [-0.15, -0.1) is 11.8 Å². The molecular weight excluding hydrogens is 340 g/mol. The Hall–Kier alpha value is -2.61. The Labute approximate surface area is 149 Å². The lowest BCUT2D eigenvalue weighted by Gasteiger charge is -2.22. The van der Waals surface area contributed by atoms with Crippen LogP contribution in [0.5, 0.6) is 0 Å². The van der Waals surface area contributed by atoms with Crippen LogP contribution >= 0.6 is 11.8 Å². The summed E-state index contributed by atoms with van der Waals surface area (Å²) in [5, 5.41) is 0.404. The predicted molar refractivity (Wildman–Crippen MR) is 95.5 cm³/mol. The number of nitrogens with two attached hydrogens (primary N) is 1. The Morgan fingerprint density at radius 3 is 2.88 bits per heavy atom. The smallest absolute Gasteiger partial charge is 0.361 e. The highest BCUT2D eigenvalue weighted by atomic mass is 32.2. The average molecular weight is 358 g/mol. The third-order valence-electron chi connectivity index (χ3n) is 3.79. The van der Waals surface area contributed by atoms with Gasteiger partial charge in [0.2, 0.25) is 0 Å². The fourth-order valence-corrected chi connectivity index (χ4v) is 3.64. The molecule has 1 aliphatic rings. The van der Waals surface area contributed by atoms with Crippen LogP contribution in [0.3, 0.4) is 0 Å². The van der Waals surface area contributed by atoms with Crippen molar-refractivity contribution in [2.24, 2.45) is 0 Å². The van der Waals surface area contributed by atoms with Crippen molar-refractivity contribution < 1.29 is 14.3 Å². The molecule has 1 aliphatic heterocycles. The number of carbonyl (C=O) groups excluding carboxylic acids is 2. The minimum atomic E-state index is -0.759. The number of fused-ring (bicyclic) bond motifs is 1. The molecule has 0 spiro atoms. The summed E-state index contributed by atoms with van der Waals surface area (Å²) in [5.41, 5.74) is 6.35. The molecule has 1 aromatic heterocycles. The van der Waals surface area contributed by atoms with Crippen LogP contribution in [0.25, 0.3) is 0 Å². The largest absolute Gasteiger partial charge is 0.451 e. The molecule has 25 heavy (non-hydrogen) atoms. The lowest BCUT2D eigenvalue weighted by Crippen LogP contribution is -2.36. The summed E-state index contributed by atoms with van der Waals surface area (Å²) in [6.07, 6.45) is 3.58. The van der Waals surface area contributed by atoms with E-state index in [9.17, 15) is 9.59 Å². The van der Waals surface area contributed by atoms with Gasteiger partial charge in [0.1, 0.15) is 0 Å². The number of ether oxygens (including phenoxy) is 1. The van der Waals surface area contributed by atoms with Crippen molar-refractivity contribution in [1.29, 1.82) is 0 Å². The SMILES string of the molecule is C[C@@H]1CCN(C(=O)COC(=O)c2nccnc2N)c2ccccc2S1. The quantitative estimate of drug-likeness (QED) is 0.839. The second kappa shape index (κ2) is 7.52. The Balaban J connectivity index is 1.71. The van der Waals surface area contributed by atoms with Gasteiger partial charge in [-0.3, -0.25) is 4.79 Å². The van der Waals surface area contributed by atoms with Crippen molar-refractivity contribution in [3.8, 4) is 0 Å². The maximum atomic E-state index is 12.6. The summed E-state index contributed by atoms with van der Waals surface area (Å²) >= 11 is 1.74. The number of anilines is 2. The Morgan fingerprint density at radius 2 is 2.08 bits per heavy atom. The zero-order valence-corrected chi connectivity index (χ0v) is 14.5. The van der Waals surface area contributed by atoms with E-state index in [0.717, 1.165) is 17.0 Å². The highest BCUT2D eigenvalue weighted by molar-refractivity contribution is 8.00. The number of hydrogen-bond acceptors (Lipinski definition) is 7. The van der Waals surface area contributed by atoms with Gasteiger partial charge in [-0.05, 0) is 18.6 Å². The second-order valence-electron chi connectivity index (χ2n) is 5.60. The number of nitrogen functional groups attached to an aromatic ring is 1. The molecular formula is C17H18N4O3S. The summed E-state index contributed by atoms with van der Waals surface area (Å²) in [6, 6.07) is 7.74. The molecule has 1 amide bonds. The molecule has 1 atom stereocenters. The molecule has 3 rings (SSSR count). The molecule has 1 aromatic carbocycles. The molecule has 0 aliphatic carbocycles. The maximum absolute atomic E-state index is 12.6. The monoisotopic (exact) mass is 358 g/mol. The lowest BCUT2D eigenvalue weighted by molar-refractivity contribution is -0.121. The van der Waals surface area contributed by atoms with Crippen LogP contribution in [-0.2, 0) is 9.53 Å². The number of esters is 1. The molecule has 2 N–H and O–H groups in total. The molecule has 0 unspecified atom stereocenters. The van der Waals surface area contributed by atoms with Crippen molar-refractivity contribution in [3.05, 3.63) is 42.4 Å². The van der Waals surface area contributed by atoms with Crippen LogP contribution in [0, 0.1) is 0 Å². The van der Waals surface area contributed by atoms with E-state index in [1.807, 2.05) is 24.3 Å². The molecule has 8 heteroatoms. The van der Waals surface area contributed by atoms with Crippen LogP contribution in [0.1, 0.15) is 23.8 Å². The minimum absolute atomic E-state index is 0.0229. The van der Waals surface area contributed by atoms with Gasteiger partial charge in [-0.1, -0.05) is 19.1 Å². The molecule has 130 valence electrons. The van der Waals surface area contributed by atoms with Gasteiger partial charge in [-0.2, -0.15) is 0 Å². The van der Waals surface area contributed by atoms with Crippen molar-refractivity contribution in [2.45, 2.75) is 23.5 Å². The van der Waals surface area contributed by atoms with Gasteiger partial charge in [-0.25, -0.2) is 14.8 Å². The zero-order chi connectivity index (χ0) is 17.8. The summed E-state index contributed by atoms with van der Waals surface area (Å²) in [5.74, 6) is -1.06. The molecule has 0 saturated heterocycles. The molecule has 0 bridgehead atoms. The van der Waals surface area contributed by atoms with Gasteiger partial charge in [0.05, 0.1) is 5.69 Å². The third kappa shape index (κ3) is 3.90. The maximum Gasteiger partial charge on any atom is 0.361 e. The molecule has 7 nitrogen and oxygen atoms in total. The lowest BCUT2D eigenvalue weighted by atomic mass is 10.2. The number of thioether (sulfide) groups is 1. The van der Waals surface area contributed by atoms with E-state index in [1.54, 1.807) is 16.7 Å². The molecule has 2 aromatic rings. The molecule has 0 radical (unpaired) electrons. The van der Waals surface area contributed by atoms with Crippen molar-refractivity contribution in [3.63, 3.8) is 0 Å². The van der Waals surface area contributed by atoms with Gasteiger partial charge in [0.25, 0.3) is 5.91 Å². The van der Waals surface area contributed by atoms with Crippen LogP contribution in [0.15, 0.2) is 41.6 Å². The average Bonchev–Trinajstić information content (AvgIpc) is 2.78. The number of rotatable bonds is 3. The topological polar surface area (TPSA) is 98.4 Å². The first-order valence-corrected chi connectivity index (χ1v) is 8.74. The minimum Gasteiger partial charge on any atom is -0.451 e. The summed E-state index contributed by atoms with van der Waals surface area (Å²) < 4.78 is 5.09. The normalized spacial score (nSPS) is 16.7.